The molecule has 0 heterocycles. The second kappa shape index (κ2) is 3.42. The molecule has 0 aromatic heterocycles. The molecule has 8 heteroatoms. The molecule has 0 atom stereocenters. The van der Waals surface area contributed by atoms with Gasteiger partial charge in [0, 0.05) is 0 Å². The zero-order valence-electron chi connectivity index (χ0n) is 6.11. The summed E-state index contributed by atoms with van der Waals surface area (Å²) in [6, 6.07) is 0. The molecule has 0 saturated heterocycles. The van der Waals surface area contributed by atoms with Gasteiger partial charge in [0.05, 0.1) is 43.7 Å². The lowest BCUT2D eigenvalue weighted by Gasteiger charge is -2.05. The minimum Gasteiger partial charge on any atom is -0.361 e. The van der Waals surface area contributed by atoms with Gasteiger partial charge >= 0.3 is 0 Å². The van der Waals surface area contributed by atoms with Crippen LogP contribution in [0.4, 0.5) is 4.32 Å². The largest absolute Gasteiger partial charge is 0.361 e. The fourth-order valence-electron chi connectivity index (χ4n) is 0.770. The molecule has 0 aliphatic rings. The van der Waals surface area contributed by atoms with Crippen LogP contribution in [-0.4, -0.2) is 50.5 Å². The Morgan fingerprint density at radius 1 is 0.875 bits per heavy atom. The molecule has 0 aromatic carbocycles. The van der Waals surface area contributed by atoms with E-state index in [1.165, 1.54) is 0 Å². The zero-order valence-corrected chi connectivity index (χ0v) is 6.11. The maximum absolute atomic E-state index is 12.6. The van der Waals surface area contributed by atoms with Crippen molar-refractivity contribution in [2.45, 2.75) is 0 Å². The van der Waals surface area contributed by atoms with Gasteiger partial charge in [-0.05, 0) is 0 Å². The van der Waals surface area contributed by atoms with Crippen LogP contribution in [0.15, 0.2) is 0 Å². The summed E-state index contributed by atoms with van der Waals surface area (Å²) in [4.78, 5) is 0. The molecular formula is H8B7F. The van der Waals surface area contributed by atoms with Crippen molar-refractivity contribution >= 4 is 50.5 Å². The van der Waals surface area contributed by atoms with Gasteiger partial charge in [-0.25, -0.2) is 0 Å². The fourth-order valence-corrected chi connectivity index (χ4v) is 0.770. The highest BCUT2D eigenvalue weighted by Crippen LogP contribution is 1.84. The van der Waals surface area contributed by atoms with E-state index in [1.54, 1.807) is 0 Å². The molecule has 36 valence electrons. The predicted octanol–water partition coefficient (Wildman–Crippen LogP) is -4.39. The van der Waals surface area contributed by atoms with Crippen molar-refractivity contribution < 1.29 is 4.32 Å². The Balaban J connectivity index is 3.46. The molecular weight excluding hydrogens is 94.7 g/mol. The molecule has 0 nitrogen and oxygen atoms in total. The van der Waals surface area contributed by atoms with Crippen LogP contribution in [0.25, 0.3) is 0 Å². The monoisotopic (exact) mass is 104 g/mol. The highest BCUT2D eigenvalue weighted by atomic mass is 19.1. The van der Waals surface area contributed by atoms with Crippen molar-refractivity contribution in [2.75, 3.05) is 0 Å². The van der Waals surface area contributed by atoms with Gasteiger partial charge in [0.15, 0.2) is 0 Å². The first kappa shape index (κ1) is 8.38. The first-order valence-electron chi connectivity index (χ1n) is 3.19. The standard InChI is InChI=1S/B7FH8/c1-5(2)7(8)6(3)4/h1-4H2. The van der Waals surface area contributed by atoms with E-state index in [-0.39, 0.29) is 12.8 Å². The van der Waals surface area contributed by atoms with Crippen LogP contribution in [-0.2, 0) is 0 Å². The summed E-state index contributed by atoms with van der Waals surface area (Å²) in [6.07, 6.45) is 0.352. The molecule has 0 aliphatic carbocycles. The van der Waals surface area contributed by atoms with Crippen LogP contribution >= 0.6 is 0 Å². The molecule has 0 aromatic rings. The smallest absolute Gasteiger partial charge is 0.242 e. The summed E-state index contributed by atoms with van der Waals surface area (Å²) in [5.74, 6) is 0. The molecule has 0 spiro atoms. The molecule has 0 fully saturated rings. The molecule has 0 amide bonds. The summed E-state index contributed by atoms with van der Waals surface area (Å²) in [7, 11) is 7.63. The van der Waals surface area contributed by atoms with E-state index in [1.807, 2.05) is 30.9 Å². The molecule has 0 rings (SSSR count). The maximum atomic E-state index is 12.6. The number of rotatable bonds is 2. The summed E-state index contributed by atoms with van der Waals surface area (Å²) in [5, 5.41) is 0. The number of hydrogen-bond donors (Lipinski definition) is 0. The molecule has 8 heavy (non-hydrogen) atoms. The van der Waals surface area contributed by atoms with Crippen molar-refractivity contribution in [3.8, 4) is 0 Å². The van der Waals surface area contributed by atoms with Crippen molar-refractivity contribution in [1.29, 1.82) is 0 Å². The first-order valence-corrected chi connectivity index (χ1v) is 3.19. The summed E-state index contributed by atoms with van der Waals surface area (Å²) < 4.78 is 12.6. The van der Waals surface area contributed by atoms with Gasteiger partial charge in [-0.1, -0.05) is 0 Å². The summed E-state index contributed by atoms with van der Waals surface area (Å²) >= 11 is 0. The van der Waals surface area contributed by atoms with Gasteiger partial charge in [0.1, 0.15) is 0 Å². The molecule has 0 saturated carbocycles. The summed E-state index contributed by atoms with van der Waals surface area (Å²) in [5.41, 5.74) is 0. The van der Waals surface area contributed by atoms with Gasteiger partial charge < -0.3 is 4.32 Å². The van der Waals surface area contributed by atoms with Crippen LogP contribution in [0.3, 0.4) is 0 Å². The lowest BCUT2D eigenvalue weighted by Crippen LogP contribution is -2.48. The average molecular weight is 103 g/mol. The summed E-state index contributed by atoms with van der Waals surface area (Å²) in [6.45, 7) is -0.630. The van der Waals surface area contributed by atoms with Gasteiger partial charge in [-0.3, -0.25) is 0 Å². The Kier molecular flexibility index (Phi) is 3.58. The normalized spacial score (nSPS) is 8.12. The fraction of sp³-hybridized carbons (Fsp3) is 0. The Bertz CT molecular complexity index is 49.4. The highest BCUT2D eigenvalue weighted by Gasteiger charge is 2.24. The second-order valence-corrected chi connectivity index (χ2v) is 2.93. The molecule has 0 bridgehead atoms. The van der Waals surface area contributed by atoms with E-state index >= 15 is 0 Å². The highest BCUT2D eigenvalue weighted by molar-refractivity contribution is 7.80. The van der Waals surface area contributed by atoms with Crippen LogP contribution < -0.4 is 0 Å². The maximum Gasteiger partial charge on any atom is 0.242 e. The van der Waals surface area contributed by atoms with Crippen LogP contribution in [0.1, 0.15) is 0 Å². The number of hydrogen-bond acceptors (Lipinski definition) is 0. The lowest BCUT2D eigenvalue weighted by atomic mass is 8.79. The minimum absolute atomic E-state index is 0.176. The van der Waals surface area contributed by atoms with Crippen molar-refractivity contribution in [1.82, 2.24) is 0 Å². The van der Waals surface area contributed by atoms with Crippen molar-refractivity contribution in [3.05, 3.63) is 0 Å². The third kappa shape index (κ3) is 2.63. The van der Waals surface area contributed by atoms with Crippen molar-refractivity contribution in [3.63, 3.8) is 0 Å². The van der Waals surface area contributed by atoms with E-state index in [0.717, 1.165) is 0 Å². The van der Waals surface area contributed by atoms with E-state index in [0.29, 0.717) is 0 Å². The molecule has 0 N–H and O–H groups in total. The minimum atomic E-state index is -0.630. The predicted molar refractivity (Wildman–Crippen MR) is 52.5 cm³/mol. The first-order chi connectivity index (χ1) is 3.55. The molecule has 0 aliphatic heterocycles. The van der Waals surface area contributed by atoms with Gasteiger partial charge in [-0.15, -0.1) is 0 Å². The van der Waals surface area contributed by atoms with E-state index in [4.69, 9.17) is 0 Å². The lowest BCUT2D eigenvalue weighted by molar-refractivity contribution is 0.882. The Morgan fingerprint density at radius 2 is 1.12 bits per heavy atom. The topological polar surface area (TPSA) is 0 Å². The quantitative estimate of drug-likeness (QED) is 0.309. The second-order valence-electron chi connectivity index (χ2n) is 2.93. The van der Waals surface area contributed by atoms with Crippen LogP contribution in [0.5, 0.6) is 0 Å². The molecule has 0 radical (unpaired) electrons. The van der Waals surface area contributed by atoms with Crippen LogP contribution in [0.2, 0.25) is 0 Å². The van der Waals surface area contributed by atoms with E-state index in [2.05, 4.69) is 0 Å². The third-order valence-electron chi connectivity index (χ3n) is 1.27. The van der Waals surface area contributed by atoms with E-state index < -0.39 is 6.77 Å². The Hall–Kier alpha value is 0.385. The Labute approximate surface area is 55.6 Å². The third-order valence-corrected chi connectivity index (χ3v) is 1.27. The van der Waals surface area contributed by atoms with Gasteiger partial charge in [0.25, 0.3) is 0 Å². The van der Waals surface area contributed by atoms with Gasteiger partial charge in [0.2, 0.25) is 6.77 Å². The van der Waals surface area contributed by atoms with Gasteiger partial charge in [-0.2, -0.15) is 0 Å². The Morgan fingerprint density at radius 3 is 1.12 bits per heavy atom. The molecule has 0 unspecified atom stereocenters. The number of halogens is 1. The SMILES string of the molecule is BB(B)B(F)B(B)B. The average Bonchev–Trinajstić information content (AvgIpc) is 1.64. The van der Waals surface area contributed by atoms with Crippen molar-refractivity contribution in [2.24, 2.45) is 0 Å². The zero-order chi connectivity index (χ0) is 6.73. The van der Waals surface area contributed by atoms with E-state index in [9.17, 15) is 4.32 Å². The van der Waals surface area contributed by atoms with Crippen LogP contribution in [0, 0.1) is 0 Å².